The van der Waals surface area contributed by atoms with Crippen molar-refractivity contribution in [2.24, 2.45) is 0 Å². The molecule has 3 rings (SSSR count). The van der Waals surface area contributed by atoms with E-state index in [2.05, 4.69) is 4.98 Å². The van der Waals surface area contributed by atoms with Crippen molar-refractivity contribution in [1.29, 1.82) is 0 Å². The van der Waals surface area contributed by atoms with Crippen LogP contribution in [0.15, 0.2) is 46.2 Å². The Kier molecular flexibility index (Phi) is 3.45. The van der Waals surface area contributed by atoms with Gasteiger partial charge in [0.1, 0.15) is 5.82 Å². The molecule has 2 aromatic heterocycles. The summed E-state index contributed by atoms with van der Waals surface area (Å²) in [5, 5.41) is 11.3. The second kappa shape index (κ2) is 5.44. The van der Waals surface area contributed by atoms with Crippen molar-refractivity contribution in [2.45, 2.75) is 6.54 Å². The van der Waals surface area contributed by atoms with Gasteiger partial charge in [0.15, 0.2) is 0 Å². The first-order valence-corrected chi connectivity index (χ1v) is 6.47. The van der Waals surface area contributed by atoms with E-state index in [4.69, 9.17) is 0 Å². The van der Waals surface area contributed by atoms with Crippen LogP contribution in [0.5, 0.6) is 0 Å². The van der Waals surface area contributed by atoms with Gasteiger partial charge in [0.05, 0.1) is 23.2 Å². The number of pyridine rings is 1. The molecule has 0 spiro atoms. The Balaban J connectivity index is 2.17. The first-order valence-electron chi connectivity index (χ1n) is 6.47. The highest BCUT2D eigenvalue weighted by Gasteiger charge is 2.16. The summed E-state index contributed by atoms with van der Waals surface area (Å²) in [6.07, 6.45) is 2.35. The molecule has 3 aromatic rings. The van der Waals surface area contributed by atoms with E-state index >= 15 is 0 Å². The third-order valence-electron chi connectivity index (χ3n) is 3.28. The van der Waals surface area contributed by atoms with E-state index in [-0.39, 0.29) is 6.54 Å². The van der Waals surface area contributed by atoms with Gasteiger partial charge in [-0.1, -0.05) is 6.07 Å². The van der Waals surface area contributed by atoms with Crippen LogP contribution < -0.4 is 11.2 Å². The van der Waals surface area contributed by atoms with E-state index < -0.39 is 27.7 Å². The molecular weight excluding hydrogens is 307 g/mol. The summed E-state index contributed by atoms with van der Waals surface area (Å²) in [6.45, 7) is -0.165. The van der Waals surface area contributed by atoms with Crippen LogP contribution in [-0.4, -0.2) is 19.5 Å². The number of halogens is 1. The Morgan fingerprint density at radius 2 is 2.13 bits per heavy atom. The maximum Gasteiger partial charge on any atom is 0.350 e. The molecule has 8 nitrogen and oxygen atoms in total. The fourth-order valence-corrected chi connectivity index (χ4v) is 2.28. The topological polar surface area (TPSA) is 111 Å². The van der Waals surface area contributed by atoms with Crippen LogP contribution >= 0.6 is 0 Å². The van der Waals surface area contributed by atoms with E-state index in [0.717, 1.165) is 10.8 Å². The van der Waals surface area contributed by atoms with Crippen molar-refractivity contribution in [3.8, 4) is 0 Å². The zero-order valence-corrected chi connectivity index (χ0v) is 11.5. The molecule has 9 heteroatoms. The molecule has 0 aliphatic rings. The molecule has 0 radical (unpaired) electrons. The monoisotopic (exact) mass is 316 g/mol. The molecule has 0 aliphatic carbocycles. The fraction of sp³-hybridized carbons (Fsp3) is 0.0714. The SMILES string of the molecule is O=c1[nH]c(=O)n(Cc2cc(F)cc3cccnc23)cc1[N+](=O)[O-]. The van der Waals surface area contributed by atoms with E-state index in [9.17, 15) is 24.1 Å². The highest BCUT2D eigenvalue weighted by Crippen LogP contribution is 2.19. The minimum absolute atomic E-state index is 0.165. The minimum Gasteiger partial charge on any atom is -0.289 e. The van der Waals surface area contributed by atoms with Crippen molar-refractivity contribution < 1.29 is 9.31 Å². The highest BCUT2D eigenvalue weighted by molar-refractivity contribution is 5.81. The molecule has 0 saturated carbocycles. The lowest BCUT2D eigenvalue weighted by atomic mass is 10.1. The van der Waals surface area contributed by atoms with Crippen molar-refractivity contribution in [3.63, 3.8) is 0 Å². The van der Waals surface area contributed by atoms with Crippen molar-refractivity contribution in [1.82, 2.24) is 14.5 Å². The number of benzene rings is 1. The van der Waals surface area contributed by atoms with Crippen LogP contribution in [0.25, 0.3) is 10.9 Å². The summed E-state index contributed by atoms with van der Waals surface area (Å²) in [5.74, 6) is -0.521. The van der Waals surface area contributed by atoms with Crippen LogP contribution in [0.3, 0.4) is 0 Å². The van der Waals surface area contributed by atoms with Crippen molar-refractivity contribution in [3.05, 3.63) is 79.0 Å². The van der Waals surface area contributed by atoms with Gasteiger partial charge in [-0.15, -0.1) is 0 Å². The largest absolute Gasteiger partial charge is 0.350 e. The molecule has 0 fully saturated rings. The Morgan fingerprint density at radius 3 is 2.87 bits per heavy atom. The summed E-state index contributed by atoms with van der Waals surface area (Å²) in [5.41, 5.74) is -1.84. The molecule has 0 saturated heterocycles. The first kappa shape index (κ1) is 14.6. The number of nitrogens with zero attached hydrogens (tertiary/aromatic N) is 3. The summed E-state index contributed by atoms with van der Waals surface area (Å²) in [6, 6.07) is 5.79. The third kappa shape index (κ3) is 2.71. The van der Waals surface area contributed by atoms with Gasteiger partial charge in [-0.05, 0) is 18.2 Å². The van der Waals surface area contributed by atoms with Crippen LogP contribution in [-0.2, 0) is 6.54 Å². The standard InChI is InChI=1S/C14H9FN4O4/c15-10-4-8-2-1-3-16-12(8)9(5-10)6-18-7-11(19(22)23)13(20)17-14(18)21/h1-5,7H,6H2,(H,17,20,21). The molecule has 0 unspecified atom stereocenters. The van der Waals surface area contributed by atoms with Gasteiger partial charge in [-0.3, -0.25) is 29.4 Å². The van der Waals surface area contributed by atoms with Crippen molar-refractivity contribution >= 4 is 16.6 Å². The second-order valence-electron chi connectivity index (χ2n) is 4.80. The van der Waals surface area contributed by atoms with Crippen LogP contribution in [0.1, 0.15) is 5.56 Å². The number of aromatic amines is 1. The Hall–Kier alpha value is -3.36. The summed E-state index contributed by atoms with van der Waals surface area (Å²) >= 11 is 0. The number of nitrogens with one attached hydrogen (secondary N) is 1. The molecule has 23 heavy (non-hydrogen) atoms. The van der Waals surface area contributed by atoms with Crippen LogP contribution in [0.2, 0.25) is 0 Å². The summed E-state index contributed by atoms with van der Waals surface area (Å²) in [7, 11) is 0. The first-order chi connectivity index (χ1) is 11.0. The lowest BCUT2D eigenvalue weighted by Crippen LogP contribution is -2.31. The zero-order chi connectivity index (χ0) is 16.6. The predicted octanol–water partition coefficient (Wildman–Crippen LogP) is 1.18. The highest BCUT2D eigenvalue weighted by atomic mass is 19.1. The fourth-order valence-electron chi connectivity index (χ4n) is 2.28. The quantitative estimate of drug-likeness (QED) is 0.576. The van der Waals surface area contributed by atoms with Gasteiger partial charge in [0.25, 0.3) is 0 Å². The molecule has 116 valence electrons. The molecule has 0 atom stereocenters. The van der Waals surface area contributed by atoms with Gasteiger partial charge >= 0.3 is 16.9 Å². The maximum atomic E-state index is 13.7. The molecule has 0 aliphatic heterocycles. The second-order valence-corrected chi connectivity index (χ2v) is 4.80. The number of hydrogen-bond acceptors (Lipinski definition) is 5. The van der Waals surface area contributed by atoms with Gasteiger partial charge < -0.3 is 0 Å². The number of H-pyrrole nitrogens is 1. The Morgan fingerprint density at radius 1 is 1.35 bits per heavy atom. The molecule has 1 aromatic carbocycles. The lowest BCUT2D eigenvalue weighted by molar-refractivity contribution is -0.386. The average molecular weight is 316 g/mol. The third-order valence-corrected chi connectivity index (χ3v) is 3.28. The predicted molar refractivity (Wildman–Crippen MR) is 78.8 cm³/mol. The number of aromatic nitrogens is 3. The normalized spacial score (nSPS) is 10.8. The molecule has 2 heterocycles. The average Bonchev–Trinajstić information content (AvgIpc) is 2.49. The zero-order valence-electron chi connectivity index (χ0n) is 11.5. The summed E-state index contributed by atoms with van der Waals surface area (Å²) in [4.78, 5) is 39.1. The van der Waals surface area contributed by atoms with Crippen LogP contribution in [0.4, 0.5) is 10.1 Å². The molecule has 1 N–H and O–H groups in total. The van der Waals surface area contributed by atoms with Gasteiger partial charge in [-0.25, -0.2) is 9.18 Å². The van der Waals surface area contributed by atoms with E-state index in [1.165, 1.54) is 18.3 Å². The lowest BCUT2D eigenvalue weighted by Gasteiger charge is -2.08. The van der Waals surface area contributed by atoms with E-state index in [1.54, 1.807) is 12.1 Å². The number of fused-ring (bicyclic) bond motifs is 1. The Labute approximate surface area is 127 Å². The van der Waals surface area contributed by atoms with Crippen molar-refractivity contribution in [2.75, 3.05) is 0 Å². The molecular formula is C14H9FN4O4. The minimum atomic E-state index is -1.08. The number of rotatable bonds is 3. The smallest absolute Gasteiger partial charge is 0.289 e. The summed E-state index contributed by atoms with van der Waals surface area (Å²) < 4.78 is 14.6. The van der Waals surface area contributed by atoms with Gasteiger partial charge in [0, 0.05) is 17.1 Å². The molecule has 0 bridgehead atoms. The van der Waals surface area contributed by atoms with Gasteiger partial charge in [0.2, 0.25) is 0 Å². The number of nitro groups is 1. The molecule has 0 amide bonds. The maximum absolute atomic E-state index is 13.7. The van der Waals surface area contributed by atoms with Gasteiger partial charge in [-0.2, -0.15) is 0 Å². The Bertz CT molecular complexity index is 1040. The number of hydrogen-bond donors (Lipinski definition) is 1. The van der Waals surface area contributed by atoms with E-state index in [1.807, 2.05) is 4.98 Å². The van der Waals surface area contributed by atoms with Crippen LogP contribution in [0, 0.1) is 15.9 Å². The van der Waals surface area contributed by atoms with E-state index in [0.29, 0.717) is 16.5 Å².